The molecule has 0 bridgehead atoms. The molecule has 0 saturated heterocycles. The first-order valence-corrected chi connectivity index (χ1v) is 4.93. The molecule has 0 aromatic carbocycles. The highest BCUT2D eigenvalue weighted by Crippen LogP contribution is 1.88. The van der Waals surface area contributed by atoms with Gasteiger partial charge in [0.25, 0.3) is 0 Å². The van der Waals surface area contributed by atoms with E-state index in [1.54, 1.807) is 0 Å². The van der Waals surface area contributed by atoms with Gasteiger partial charge in [0.2, 0.25) is 10.0 Å². The average Bonchev–Trinajstić information content (AvgIpc) is 1.80. The third-order valence-electron chi connectivity index (χ3n) is 0.782. The Hall–Kier alpha value is -0.820. The summed E-state index contributed by atoms with van der Waals surface area (Å²) in [5.41, 5.74) is 0. The second kappa shape index (κ2) is 6.86. The van der Waals surface area contributed by atoms with E-state index in [4.69, 9.17) is 20.1 Å². The van der Waals surface area contributed by atoms with Crippen LogP contribution >= 0.6 is 0 Å². The molecule has 0 aliphatic rings. The minimum Gasteiger partial charge on any atom is -0.450 e. The van der Waals surface area contributed by atoms with Crippen molar-refractivity contribution >= 4 is 16.2 Å². The molecule has 0 spiro atoms. The van der Waals surface area contributed by atoms with Crippen LogP contribution in [0.1, 0.15) is 19.8 Å². The van der Waals surface area contributed by atoms with Crippen molar-refractivity contribution in [2.24, 2.45) is 5.14 Å². The van der Waals surface area contributed by atoms with Gasteiger partial charge in [0, 0.05) is 0 Å². The summed E-state index contributed by atoms with van der Waals surface area (Å²) in [7, 11) is -3.19. The minimum atomic E-state index is -3.19. The summed E-state index contributed by atoms with van der Waals surface area (Å²) in [5, 5.41) is 18.6. The van der Waals surface area contributed by atoms with Crippen molar-refractivity contribution in [3.63, 3.8) is 0 Å². The number of sulfonamides is 1. The summed E-state index contributed by atoms with van der Waals surface area (Å²) in [4.78, 5) is 8.56. The molecule has 7 heteroatoms. The first kappa shape index (κ1) is 13.7. The molecule has 0 aliphatic carbocycles. The van der Waals surface area contributed by atoms with E-state index in [1.165, 1.54) is 0 Å². The van der Waals surface area contributed by atoms with Crippen molar-refractivity contribution in [3.05, 3.63) is 0 Å². The number of carboxylic acid groups (broad SMARTS) is 2. The summed E-state index contributed by atoms with van der Waals surface area (Å²) >= 11 is 0. The van der Waals surface area contributed by atoms with Crippen LogP contribution in [0, 0.1) is 0 Å². The second-order valence-electron chi connectivity index (χ2n) is 2.00. The van der Waals surface area contributed by atoms with Gasteiger partial charge < -0.3 is 10.2 Å². The Morgan fingerprint density at radius 1 is 1.42 bits per heavy atom. The fourth-order valence-corrected chi connectivity index (χ4v) is 1.04. The molecular formula is C5H13NO5S. The number of carbonyl (C=O) groups is 1. The van der Waals surface area contributed by atoms with Gasteiger partial charge in [-0.3, -0.25) is 0 Å². The van der Waals surface area contributed by atoms with Crippen LogP contribution in [0.15, 0.2) is 0 Å². The van der Waals surface area contributed by atoms with Crippen molar-refractivity contribution in [1.29, 1.82) is 0 Å². The molecular weight excluding hydrogens is 186 g/mol. The third-order valence-corrected chi connectivity index (χ3v) is 1.64. The Kier molecular flexibility index (Phi) is 7.86. The molecule has 0 aromatic heterocycles. The molecule has 12 heavy (non-hydrogen) atoms. The maximum Gasteiger partial charge on any atom is 0.503 e. The Balaban J connectivity index is 0. The number of nitrogens with two attached hydrogens (primary N) is 1. The van der Waals surface area contributed by atoms with Crippen LogP contribution in [0.4, 0.5) is 4.79 Å². The van der Waals surface area contributed by atoms with Crippen LogP contribution < -0.4 is 5.14 Å². The lowest BCUT2D eigenvalue weighted by Gasteiger charge is -1.91. The largest absolute Gasteiger partial charge is 0.503 e. The molecule has 0 amide bonds. The zero-order chi connectivity index (χ0) is 10.2. The van der Waals surface area contributed by atoms with E-state index in [1.807, 2.05) is 6.92 Å². The maximum absolute atomic E-state index is 10.2. The summed E-state index contributed by atoms with van der Waals surface area (Å²) in [6.45, 7) is 1.92. The summed E-state index contributed by atoms with van der Waals surface area (Å²) in [5.74, 6) is 0.115. The van der Waals surface area contributed by atoms with Crippen LogP contribution in [0.25, 0.3) is 0 Å². The third kappa shape index (κ3) is 35.2. The predicted molar refractivity (Wildman–Crippen MR) is 43.5 cm³/mol. The lowest BCUT2D eigenvalue weighted by molar-refractivity contribution is 0.137. The molecule has 0 saturated carbocycles. The molecule has 6 nitrogen and oxygen atoms in total. The molecule has 0 fully saturated rings. The Labute approximate surface area is 71.1 Å². The van der Waals surface area contributed by atoms with Gasteiger partial charge in [-0.15, -0.1) is 0 Å². The second-order valence-corrected chi connectivity index (χ2v) is 3.74. The van der Waals surface area contributed by atoms with E-state index in [2.05, 4.69) is 0 Å². The lowest BCUT2D eigenvalue weighted by Crippen LogP contribution is -2.15. The molecule has 0 aliphatic heterocycles. The zero-order valence-corrected chi connectivity index (χ0v) is 7.54. The van der Waals surface area contributed by atoms with Crippen molar-refractivity contribution in [1.82, 2.24) is 0 Å². The van der Waals surface area contributed by atoms with E-state index >= 15 is 0 Å². The molecule has 0 rings (SSSR count). The fraction of sp³-hybridized carbons (Fsp3) is 0.800. The van der Waals surface area contributed by atoms with E-state index in [-0.39, 0.29) is 5.75 Å². The minimum absolute atomic E-state index is 0.115. The zero-order valence-electron chi connectivity index (χ0n) is 6.73. The van der Waals surface area contributed by atoms with Crippen LogP contribution in [-0.4, -0.2) is 30.5 Å². The van der Waals surface area contributed by atoms with Crippen molar-refractivity contribution in [3.8, 4) is 0 Å². The van der Waals surface area contributed by atoms with E-state index in [0.29, 0.717) is 6.42 Å². The summed E-state index contributed by atoms with van der Waals surface area (Å²) < 4.78 is 20.3. The van der Waals surface area contributed by atoms with Crippen LogP contribution in [0.5, 0.6) is 0 Å². The number of primary sulfonamides is 1. The van der Waals surface area contributed by atoms with Gasteiger partial charge in [-0.25, -0.2) is 18.4 Å². The van der Waals surface area contributed by atoms with Gasteiger partial charge in [-0.05, 0) is 6.42 Å². The van der Waals surface area contributed by atoms with E-state index < -0.39 is 16.2 Å². The number of rotatable bonds is 3. The molecule has 0 aromatic rings. The Bertz CT molecular complexity index is 206. The van der Waals surface area contributed by atoms with Crippen molar-refractivity contribution < 1.29 is 23.4 Å². The quantitative estimate of drug-likeness (QED) is 0.604. The van der Waals surface area contributed by atoms with Gasteiger partial charge in [0.15, 0.2) is 0 Å². The number of hydrogen-bond acceptors (Lipinski definition) is 3. The SMILES string of the molecule is CCCCS(N)(=O)=O.O=C(O)O. The molecule has 0 heterocycles. The summed E-state index contributed by atoms with van der Waals surface area (Å²) in [6, 6.07) is 0. The lowest BCUT2D eigenvalue weighted by atomic mass is 10.4. The van der Waals surface area contributed by atoms with Crippen LogP contribution in [0.2, 0.25) is 0 Å². The van der Waals surface area contributed by atoms with E-state index in [0.717, 1.165) is 6.42 Å². The Morgan fingerprint density at radius 3 is 1.83 bits per heavy atom. The molecule has 0 unspecified atom stereocenters. The highest BCUT2D eigenvalue weighted by Gasteiger charge is 1.98. The average molecular weight is 199 g/mol. The highest BCUT2D eigenvalue weighted by molar-refractivity contribution is 7.89. The first-order valence-electron chi connectivity index (χ1n) is 3.22. The monoisotopic (exact) mass is 199 g/mol. The van der Waals surface area contributed by atoms with Gasteiger partial charge >= 0.3 is 6.16 Å². The number of unbranched alkanes of at least 4 members (excludes halogenated alkanes) is 1. The molecule has 0 atom stereocenters. The highest BCUT2D eigenvalue weighted by atomic mass is 32.2. The van der Waals surface area contributed by atoms with Crippen LogP contribution in [0.3, 0.4) is 0 Å². The molecule has 0 radical (unpaired) electrons. The Morgan fingerprint density at radius 2 is 1.75 bits per heavy atom. The van der Waals surface area contributed by atoms with Crippen molar-refractivity contribution in [2.45, 2.75) is 19.8 Å². The summed E-state index contributed by atoms with van der Waals surface area (Å²) in [6.07, 6.45) is -0.296. The smallest absolute Gasteiger partial charge is 0.450 e. The predicted octanol–water partition coefficient (Wildman–Crippen LogP) is 0.297. The molecule has 4 N–H and O–H groups in total. The normalized spacial score (nSPS) is 9.83. The standard InChI is InChI=1S/C4H11NO2S.CH2O3/c1-2-3-4-8(5,6)7;2-1(3)4/h2-4H2,1H3,(H2,5,6,7);(H2,2,3,4). The fourth-order valence-electron chi connectivity index (χ4n) is 0.346. The van der Waals surface area contributed by atoms with Gasteiger partial charge in [-0.2, -0.15) is 0 Å². The first-order chi connectivity index (χ1) is 5.29. The number of hydrogen-bond donors (Lipinski definition) is 3. The van der Waals surface area contributed by atoms with E-state index in [9.17, 15) is 8.42 Å². The molecule has 74 valence electrons. The van der Waals surface area contributed by atoms with Crippen molar-refractivity contribution in [2.75, 3.05) is 5.75 Å². The topological polar surface area (TPSA) is 118 Å². The maximum atomic E-state index is 10.2. The van der Waals surface area contributed by atoms with Gasteiger partial charge in [0.05, 0.1) is 5.75 Å². The van der Waals surface area contributed by atoms with Crippen LogP contribution in [-0.2, 0) is 10.0 Å². The van der Waals surface area contributed by atoms with Gasteiger partial charge in [0.1, 0.15) is 0 Å². The van der Waals surface area contributed by atoms with Gasteiger partial charge in [-0.1, -0.05) is 13.3 Å².